The summed E-state index contributed by atoms with van der Waals surface area (Å²) in [6, 6.07) is 6.86. The van der Waals surface area contributed by atoms with Gasteiger partial charge in [0, 0.05) is 23.8 Å². The summed E-state index contributed by atoms with van der Waals surface area (Å²) in [6.45, 7) is 0.549. The number of H-pyrrole nitrogens is 1. The van der Waals surface area contributed by atoms with Crippen LogP contribution in [0.1, 0.15) is 44.1 Å². The predicted molar refractivity (Wildman–Crippen MR) is 101 cm³/mol. The van der Waals surface area contributed by atoms with Gasteiger partial charge in [-0.05, 0) is 55.9 Å². The normalized spacial score (nSPS) is 33.7. The van der Waals surface area contributed by atoms with E-state index < -0.39 is 0 Å². The minimum absolute atomic E-state index is 0.0226. The van der Waals surface area contributed by atoms with Crippen molar-refractivity contribution >= 4 is 16.7 Å². The SMILES string of the molecule is N#CCCOC12CC3C[C@H](C1)C(Nc1c(C#N)cnc4[nH]ccc14)[C@@H](C3)C2. The fourth-order valence-electron chi connectivity index (χ4n) is 6.09. The molecule has 4 saturated carbocycles. The Hall–Kier alpha value is -2.57. The zero-order chi connectivity index (χ0) is 18.4. The molecular weight excluding hydrogens is 338 g/mol. The number of ether oxygens (including phenoxy) is 1. The van der Waals surface area contributed by atoms with Crippen molar-refractivity contribution < 1.29 is 4.74 Å². The lowest BCUT2D eigenvalue weighted by Crippen LogP contribution is -2.60. The molecule has 4 aliphatic carbocycles. The highest BCUT2D eigenvalue weighted by atomic mass is 16.5. The number of aromatic amines is 1. The second kappa shape index (κ2) is 6.25. The van der Waals surface area contributed by atoms with Gasteiger partial charge in [0.1, 0.15) is 11.7 Å². The number of nitrogens with one attached hydrogen (secondary N) is 2. The van der Waals surface area contributed by atoms with Gasteiger partial charge in [-0.2, -0.15) is 10.5 Å². The molecule has 2 aromatic heterocycles. The zero-order valence-corrected chi connectivity index (χ0v) is 15.2. The summed E-state index contributed by atoms with van der Waals surface area (Å²) in [5.41, 5.74) is 2.32. The molecular formula is C21H23N5O. The minimum Gasteiger partial charge on any atom is -0.380 e. The lowest BCUT2D eigenvalue weighted by atomic mass is 9.52. The second-order valence-corrected chi connectivity index (χ2v) is 8.48. The third-order valence-corrected chi connectivity index (χ3v) is 6.86. The topological polar surface area (TPSA) is 97.5 Å². The Morgan fingerprint density at radius 1 is 1.26 bits per heavy atom. The molecule has 4 fully saturated rings. The molecule has 2 aromatic rings. The first-order valence-corrected chi connectivity index (χ1v) is 9.85. The van der Waals surface area contributed by atoms with Gasteiger partial charge >= 0.3 is 0 Å². The van der Waals surface area contributed by atoms with Gasteiger partial charge in [0.25, 0.3) is 0 Å². The molecule has 4 bridgehead atoms. The van der Waals surface area contributed by atoms with Crippen molar-refractivity contribution in [3.63, 3.8) is 0 Å². The Kier molecular flexibility index (Phi) is 3.84. The number of hydrogen-bond donors (Lipinski definition) is 2. The van der Waals surface area contributed by atoms with Gasteiger partial charge in [0.2, 0.25) is 0 Å². The molecule has 27 heavy (non-hydrogen) atoms. The first-order chi connectivity index (χ1) is 13.2. The number of rotatable bonds is 5. The predicted octanol–water partition coefficient (Wildman–Crippen LogP) is 3.72. The van der Waals surface area contributed by atoms with Crippen molar-refractivity contribution in [2.75, 3.05) is 11.9 Å². The largest absolute Gasteiger partial charge is 0.380 e. The molecule has 0 amide bonds. The standard InChI is InChI=1S/C21H23N5O/c22-3-1-5-27-21-8-13-6-14(9-21)18(15(7-13)10-21)26-19-16(11-23)12-25-20-17(19)2-4-24-20/h2,4,12-15,18H,1,5-10H2,(H2,24,25,26)/t13?,14-,15+,18?,21?. The van der Waals surface area contributed by atoms with E-state index in [1.54, 1.807) is 6.20 Å². The quantitative estimate of drug-likeness (QED) is 0.791. The van der Waals surface area contributed by atoms with Crippen molar-refractivity contribution in [1.29, 1.82) is 10.5 Å². The fourth-order valence-corrected chi connectivity index (χ4v) is 6.09. The lowest BCUT2D eigenvalue weighted by molar-refractivity contribution is -0.165. The van der Waals surface area contributed by atoms with E-state index in [1.165, 1.54) is 12.8 Å². The maximum absolute atomic E-state index is 9.57. The fraction of sp³-hybridized carbons (Fsp3) is 0.571. The first-order valence-electron chi connectivity index (χ1n) is 9.85. The van der Waals surface area contributed by atoms with Gasteiger partial charge in [0.05, 0.1) is 35.9 Å². The van der Waals surface area contributed by atoms with E-state index in [4.69, 9.17) is 10.00 Å². The monoisotopic (exact) mass is 361 g/mol. The van der Waals surface area contributed by atoms with Crippen molar-refractivity contribution in [3.8, 4) is 12.1 Å². The summed E-state index contributed by atoms with van der Waals surface area (Å²) in [6.07, 6.45) is 9.75. The molecule has 0 saturated heterocycles. The smallest absolute Gasteiger partial charge is 0.139 e. The van der Waals surface area contributed by atoms with E-state index in [0.29, 0.717) is 36.5 Å². The summed E-state index contributed by atoms with van der Waals surface area (Å²) >= 11 is 0. The van der Waals surface area contributed by atoms with Crippen LogP contribution >= 0.6 is 0 Å². The van der Waals surface area contributed by atoms with Gasteiger partial charge in [0.15, 0.2) is 0 Å². The summed E-state index contributed by atoms with van der Waals surface area (Å²) in [5, 5.41) is 23.2. The van der Waals surface area contributed by atoms with Crippen LogP contribution in [0.2, 0.25) is 0 Å². The average Bonchev–Trinajstić information content (AvgIpc) is 3.13. The Balaban J connectivity index is 1.42. The molecule has 6 nitrogen and oxygen atoms in total. The molecule has 0 spiro atoms. The van der Waals surface area contributed by atoms with E-state index in [9.17, 15) is 5.26 Å². The van der Waals surface area contributed by atoms with Crippen LogP contribution < -0.4 is 5.32 Å². The van der Waals surface area contributed by atoms with Crippen LogP contribution in [0.4, 0.5) is 5.69 Å². The van der Waals surface area contributed by atoms with Crippen LogP contribution in [0.5, 0.6) is 0 Å². The van der Waals surface area contributed by atoms with Crippen molar-refractivity contribution in [3.05, 3.63) is 24.0 Å². The molecule has 0 radical (unpaired) electrons. The number of pyridine rings is 1. The van der Waals surface area contributed by atoms with Crippen LogP contribution in [0, 0.1) is 40.4 Å². The number of hydrogen-bond acceptors (Lipinski definition) is 5. The summed E-state index contributed by atoms with van der Waals surface area (Å²) in [7, 11) is 0. The van der Waals surface area contributed by atoms with Crippen molar-refractivity contribution in [1.82, 2.24) is 9.97 Å². The first kappa shape index (κ1) is 16.6. The number of nitrogens with zero attached hydrogens (tertiary/aromatic N) is 3. The Morgan fingerprint density at radius 3 is 2.81 bits per heavy atom. The molecule has 0 aromatic carbocycles. The van der Waals surface area contributed by atoms with Gasteiger partial charge < -0.3 is 15.0 Å². The number of fused-ring (bicyclic) bond motifs is 1. The third-order valence-electron chi connectivity index (χ3n) is 6.86. The van der Waals surface area contributed by atoms with Crippen LogP contribution in [-0.2, 0) is 4.74 Å². The van der Waals surface area contributed by atoms with Crippen LogP contribution in [-0.4, -0.2) is 28.2 Å². The number of nitriles is 2. The van der Waals surface area contributed by atoms with E-state index >= 15 is 0 Å². The molecule has 3 unspecified atom stereocenters. The number of anilines is 1. The number of aromatic nitrogens is 2. The molecule has 6 rings (SSSR count). The molecule has 5 atom stereocenters. The van der Waals surface area contributed by atoms with Gasteiger partial charge in [-0.1, -0.05) is 0 Å². The molecule has 2 heterocycles. The summed E-state index contributed by atoms with van der Waals surface area (Å²) in [5.74, 6) is 1.86. The maximum atomic E-state index is 9.57. The highest BCUT2D eigenvalue weighted by molar-refractivity contribution is 5.92. The van der Waals surface area contributed by atoms with E-state index in [-0.39, 0.29) is 5.60 Å². The van der Waals surface area contributed by atoms with Crippen LogP contribution in [0.15, 0.2) is 18.5 Å². The lowest BCUT2D eigenvalue weighted by Gasteiger charge is -2.59. The van der Waals surface area contributed by atoms with E-state index in [2.05, 4.69) is 27.4 Å². The Morgan fingerprint density at radius 2 is 2.07 bits per heavy atom. The maximum Gasteiger partial charge on any atom is 0.139 e. The molecule has 0 aliphatic heterocycles. The van der Waals surface area contributed by atoms with Crippen molar-refractivity contribution in [2.45, 2.75) is 50.2 Å². The third kappa shape index (κ3) is 2.67. The van der Waals surface area contributed by atoms with E-state index in [0.717, 1.165) is 41.9 Å². The Bertz CT molecular complexity index is 936. The zero-order valence-electron chi connectivity index (χ0n) is 15.2. The van der Waals surface area contributed by atoms with Crippen LogP contribution in [0.3, 0.4) is 0 Å². The summed E-state index contributed by atoms with van der Waals surface area (Å²) < 4.78 is 6.27. The molecule has 2 N–H and O–H groups in total. The highest BCUT2D eigenvalue weighted by Gasteiger charge is 2.56. The molecule has 4 aliphatic rings. The van der Waals surface area contributed by atoms with Gasteiger partial charge in [-0.25, -0.2) is 4.98 Å². The molecule has 138 valence electrons. The summed E-state index contributed by atoms with van der Waals surface area (Å²) in [4.78, 5) is 7.49. The van der Waals surface area contributed by atoms with E-state index in [1.807, 2.05) is 12.3 Å². The highest BCUT2D eigenvalue weighted by Crippen LogP contribution is 2.58. The molecule has 6 heteroatoms. The van der Waals surface area contributed by atoms with Gasteiger partial charge in [-0.3, -0.25) is 0 Å². The van der Waals surface area contributed by atoms with Crippen molar-refractivity contribution in [2.24, 2.45) is 17.8 Å². The van der Waals surface area contributed by atoms with Crippen LogP contribution in [0.25, 0.3) is 11.0 Å². The van der Waals surface area contributed by atoms with Gasteiger partial charge in [-0.15, -0.1) is 0 Å². The minimum atomic E-state index is -0.0226. The Labute approximate surface area is 158 Å². The average molecular weight is 361 g/mol. The second-order valence-electron chi connectivity index (χ2n) is 8.48.